The van der Waals surface area contributed by atoms with Crippen LogP contribution >= 0.6 is 0 Å². The summed E-state index contributed by atoms with van der Waals surface area (Å²) in [6.45, 7) is 3.05. The Labute approximate surface area is 193 Å². The number of hydrogen-bond acceptors (Lipinski definition) is 5. The lowest BCUT2D eigenvalue weighted by Gasteiger charge is -2.60. The molecular formula is C25H30N4O4. The summed E-state index contributed by atoms with van der Waals surface area (Å²) in [5.41, 5.74) is 0.685. The molecule has 0 spiro atoms. The van der Waals surface area contributed by atoms with Crippen molar-refractivity contribution in [1.82, 2.24) is 15.1 Å². The molecule has 2 aromatic rings. The molecule has 0 radical (unpaired) electrons. The highest BCUT2D eigenvalue weighted by Crippen LogP contribution is 2.62. The van der Waals surface area contributed by atoms with E-state index in [0.29, 0.717) is 24.1 Å². The number of aromatic nitrogens is 2. The average molecular weight is 451 g/mol. The van der Waals surface area contributed by atoms with Gasteiger partial charge in [0.25, 0.3) is 5.91 Å². The second-order valence-corrected chi connectivity index (χ2v) is 10.2. The lowest BCUT2D eigenvalue weighted by molar-refractivity contribution is -0.176. The molecule has 0 aliphatic heterocycles. The van der Waals surface area contributed by atoms with E-state index >= 15 is 0 Å². The van der Waals surface area contributed by atoms with E-state index in [1.165, 1.54) is 6.92 Å². The predicted molar refractivity (Wildman–Crippen MR) is 122 cm³/mol. The van der Waals surface area contributed by atoms with Crippen molar-refractivity contribution < 1.29 is 19.1 Å². The van der Waals surface area contributed by atoms with Crippen LogP contribution in [-0.2, 0) is 19.1 Å². The van der Waals surface area contributed by atoms with Crippen LogP contribution in [0.2, 0.25) is 0 Å². The Morgan fingerprint density at radius 2 is 1.82 bits per heavy atom. The van der Waals surface area contributed by atoms with E-state index < -0.39 is 11.3 Å². The van der Waals surface area contributed by atoms with E-state index in [4.69, 9.17) is 4.74 Å². The molecule has 33 heavy (non-hydrogen) atoms. The zero-order valence-electron chi connectivity index (χ0n) is 19.1. The molecule has 4 saturated carbocycles. The highest BCUT2D eigenvalue weighted by atomic mass is 16.5. The summed E-state index contributed by atoms with van der Waals surface area (Å²) in [5.74, 6) is 0.602. The van der Waals surface area contributed by atoms with E-state index in [1.54, 1.807) is 10.7 Å². The molecule has 0 saturated heterocycles. The molecule has 1 aromatic carbocycles. The maximum atomic E-state index is 13.2. The smallest absolute Gasteiger partial charge is 0.312 e. The molecule has 2 atom stereocenters. The van der Waals surface area contributed by atoms with Gasteiger partial charge >= 0.3 is 5.97 Å². The molecule has 6 rings (SSSR count). The number of benzene rings is 1. The number of para-hydroxylation sites is 1. The molecule has 1 heterocycles. The van der Waals surface area contributed by atoms with Crippen molar-refractivity contribution in [3.05, 3.63) is 42.1 Å². The van der Waals surface area contributed by atoms with E-state index in [9.17, 15) is 14.4 Å². The number of amides is 2. The minimum atomic E-state index is -0.602. The molecule has 1 aromatic heterocycles. The van der Waals surface area contributed by atoms with Gasteiger partial charge in [-0.1, -0.05) is 18.2 Å². The van der Waals surface area contributed by atoms with Gasteiger partial charge in [0.1, 0.15) is 5.82 Å². The van der Waals surface area contributed by atoms with Crippen LogP contribution in [0.4, 0.5) is 5.82 Å². The van der Waals surface area contributed by atoms with Crippen LogP contribution < -0.4 is 10.6 Å². The van der Waals surface area contributed by atoms with E-state index in [2.05, 4.69) is 15.7 Å². The van der Waals surface area contributed by atoms with Crippen molar-refractivity contribution in [2.24, 2.45) is 17.3 Å². The predicted octanol–water partition coefficient (Wildman–Crippen LogP) is 3.14. The number of nitrogens with one attached hydrogen (secondary N) is 2. The highest BCUT2D eigenvalue weighted by molar-refractivity contribution is 5.93. The first kappa shape index (κ1) is 21.7. The van der Waals surface area contributed by atoms with E-state index in [-0.39, 0.29) is 24.0 Å². The molecule has 4 fully saturated rings. The molecule has 4 aliphatic rings. The topological polar surface area (TPSA) is 102 Å². The van der Waals surface area contributed by atoms with Gasteiger partial charge in [-0.2, -0.15) is 5.10 Å². The quantitative estimate of drug-likeness (QED) is 0.659. The van der Waals surface area contributed by atoms with Crippen molar-refractivity contribution >= 4 is 23.6 Å². The number of ether oxygens (including phenoxy) is 1. The molecule has 4 aliphatic carbocycles. The Balaban J connectivity index is 1.25. The summed E-state index contributed by atoms with van der Waals surface area (Å²) < 4.78 is 7.23. The first-order valence-electron chi connectivity index (χ1n) is 11.6. The second-order valence-electron chi connectivity index (χ2n) is 10.2. The van der Waals surface area contributed by atoms with Gasteiger partial charge in [0.05, 0.1) is 16.8 Å². The van der Waals surface area contributed by atoms with Crippen molar-refractivity contribution in [2.45, 2.75) is 57.9 Å². The fraction of sp³-hybridized carbons (Fsp3) is 0.520. The number of aryl methyl sites for hydroxylation is 1. The highest BCUT2D eigenvalue weighted by Gasteiger charge is 2.61. The molecule has 8 nitrogen and oxygen atoms in total. The normalized spacial score (nSPS) is 29.5. The Morgan fingerprint density at radius 3 is 2.48 bits per heavy atom. The Bertz CT molecular complexity index is 1080. The number of carbonyl (C=O) groups excluding carboxylic acids is 3. The van der Waals surface area contributed by atoms with Crippen molar-refractivity contribution in [1.29, 1.82) is 0 Å². The molecule has 8 heteroatoms. The van der Waals surface area contributed by atoms with Crippen LogP contribution in [0.5, 0.6) is 0 Å². The summed E-state index contributed by atoms with van der Waals surface area (Å²) in [6.07, 6.45) is 5.14. The first-order chi connectivity index (χ1) is 15.8. The van der Waals surface area contributed by atoms with Crippen LogP contribution in [0.15, 0.2) is 36.4 Å². The fourth-order valence-corrected chi connectivity index (χ4v) is 6.84. The van der Waals surface area contributed by atoms with Crippen LogP contribution in [0.1, 0.15) is 51.1 Å². The standard InChI is InChI=1S/C25H30N4O4/c1-16-8-21(29(28-16)20-6-4-3-5-7-20)26-22(31)14-33-23(32)24-10-18-9-19(11-24)13-25(12-18,15-24)27-17(2)30/h3-8,18-19H,9-15H2,1-2H3,(H,26,31)(H,27,30). The Hall–Kier alpha value is -3.16. The Kier molecular flexibility index (Phi) is 5.26. The van der Waals surface area contributed by atoms with Crippen LogP contribution in [0.25, 0.3) is 5.69 Å². The summed E-state index contributed by atoms with van der Waals surface area (Å²) in [6, 6.07) is 11.3. The Morgan fingerprint density at radius 1 is 1.12 bits per heavy atom. The van der Waals surface area contributed by atoms with Gasteiger partial charge < -0.3 is 15.4 Å². The number of rotatable bonds is 6. The van der Waals surface area contributed by atoms with Crippen molar-refractivity contribution in [3.63, 3.8) is 0 Å². The average Bonchev–Trinajstić information content (AvgIpc) is 3.10. The van der Waals surface area contributed by atoms with E-state index in [1.807, 2.05) is 37.3 Å². The summed E-state index contributed by atoms with van der Waals surface area (Å²) in [5, 5.41) is 10.4. The van der Waals surface area contributed by atoms with E-state index in [0.717, 1.165) is 43.5 Å². The van der Waals surface area contributed by atoms with Gasteiger partial charge in [0.2, 0.25) is 5.91 Å². The maximum Gasteiger partial charge on any atom is 0.312 e. The zero-order chi connectivity index (χ0) is 23.2. The second kappa shape index (κ2) is 8.01. The van der Waals surface area contributed by atoms with Crippen molar-refractivity contribution in [3.8, 4) is 5.69 Å². The molecule has 174 valence electrons. The maximum absolute atomic E-state index is 13.2. The van der Waals surface area contributed by atoms with Gasteiger partial charge in [-0.15, -0.1) is 0 Å². The molecular weight excluding hydrogens is 420 g/mol. The number of hydrogen-bond donors (Lipinski definition) is 2. The molecule has 2 N–H and O–H groups in total. The van der Waals surface area contributed by atoms with Gasteiger partial charge in [-0.3, -0.25) is 14.4 Å². The molecule has 2 unspecified atom stereocenters. The largest absolute Gasteiger partial charge is 0.455 e. The lowest BCUT2D eigenvalue weighted by Crippen LogP contribution is -2.64. The van der Waals surface area contributed by atoms with Gasteiger partial charge in [-0.25, -0.2) is 4.68 Å². The minimum absolute atomic E-state index is 0.0508. The molecule has 4 bridgehead atoms. The summed E-state index contributed by atoms with van der Waals surface area (Å²) >= 11 is 0. The van der Waals surface area contributed by atoms with Crippen LogP contribution in [-0.4, -0.2) is 39.7 Å². The SMILES string of the molecule is CC(=O)NC12CC3CC(C1)CC(C(=O)OCC(=O)Nc1cc(C)nn1-c1ccccc1)(C3)C2. The molecule has 2 amide bonds. The monoisotopic (exact) mass is 450 g/mol. The minimum Gasteiger partial charge on any atom is -0.455 e. The fourth-order valence-electron chi connectivity index (χ4n) is 6.84. The van der Waals surface area contributed by atoms with Gasteiger partial charge in [0.15, 0.2) is 6.61 Å². The summed E-state index contributed by atoms with van der Waals surface area (Å²) in [4.78, 5) is 37.7. The van der Waals surface area contributed by atoms with Crippen molar-refractivity contribution in [2.75, 3.05) is 11.9 Å². The number of carbonyl (C=O) groups is 3. The van der Waals surface area contributed by atoms with Crippen LogP contribution in [0.3, 0.4) is 0 Å². The summed E-state index contributed by atoms with van der Waals surface area (Å²) in [7, 11) is 0. The number of anilines is 1. The zero-order valence-corrected chi connectivity index (χ0v) is 19.1. The van der Waals surface area contributed by atoms with Crippen LogP contribution in [0, 0.1) is 24.2 Å². The number of nitrogens with zero attached hydrogens (tertiary/aromatic N) is 2. The third kappa shape index (κ3) is 4.14. The third-order valence-electron chi connectivity index (χ3n) is 7.37. The first-order valence-corrected chi connectivity index (χ1v) is 11.6. The van der Waals surface area contributed by atoms with Gasteiger partial charge in [0, 0.05) is 18.5 Å². The number of esters is 1. The third-order valence-corrected chi connectivity index (χ3v) is 7.37. The lowest BCUT2D eigenvalue weighted by atomic mass is 9.47. The van der Waals surface area contributed by atoms with Gasteiger partial charge in [-0.05, 0) is 69.4 Å².